The first-order valence-corrected chi connectivity index (χ1v) is 4.25. The first-order valence-electron chi connectivity index (χ1n) is 4.25. The molecule has 0 unspecified atom stereocenters. The summed E-state index contributed by atoms with van der Waals surface area (Å²) < 4.78 is 0. The van der Waals surface area contributed by atoms with Gasteiger partial charge in [-0.05, 0) is 29.7 Å². The lowest BCUT2D eigenvalue weighted by atomic mass is 10.0. The molecule has 0 spiro atoms. The van der Waals surface area contributed by atoms with Crippen LogP contribution in [-0.2, 0) is 0 Å². The Balaban J connectivity index is 2.54. The van der Waals surface area contributed by atoms with Gasteiger partial charge in [0.1, 0.15) is 0 Å². The van der Waals surface area contributed by atoms with Crippen LogP contribution in [0.1, 0.15) is 5.56 Å². The summed E-state index contributed by atoms with van der Waals surface area (Å²) in [5.41, 5.74) is 3.45. The van der Waals surface area contributed by atoms with Crippen molar-refractivity contribution in [3.05, 3.63) is 67.1 Å². The summed E-state index contributed by atoms with van der Waals surface area (Å²) >= 11 is 0. The zero-order valence-corrected chi connectivity index (χ0v) is 7.33. The van der Waals surface area contributed by atoms with Gasteiger partial charge in [0.25, 0.3) is 0 Å². The molecule has 2 radical (unpaired) electrons. The summed E-state index contributed by atoms with van der Waals surface area (Å²) in [5.74, 6) is 0. The molecule has 0 heteroatoms. The second-order valence-electron chi connectivity index (χ2n) is 2.95. The third-order valence-corrected chi connectivity index (χ3v) is 2.05. The predicted octanol–water partition coefficient (Wildman–Crippen LogP) is 3.34. The average Bonchev–Trinajstić information content (AvgIpc) is 2.20. The van der Waals surface area contributed by atoms with E-state index in [4.69, 9.17) is 0 Å². The van der Waals surface area contributed by atoms with Crippen molar-refractivity contribution in [2.45, 2.75) is 0 Å². The van der Waals surface area contributed by atoms with Crippen molar-refractivity contribution in [3.63, 3.8) is 0 Å². The van der Waals surface area contributed by atoms with E-state index in [9.17, 15) is 0 Å². The maximum atomic E-state index is 3.99. The van der Waals surface area contributed by atoms with Crippen molar-refractivity contribution < 1.29 is 0 Å². The van der Waals surface area contributed by atoms with Crippen molar-refractivity contribution in [1.29, 1.82) is 0 Å². The standard InChI is InChI=1S/C13H10/c1-11-7-5-6-10-13(11)12-8-3-2-4-9-12/h3-10H,1H2. The fourth-order valence-corrected chi connectivity index (χ4v) is 1.37. The van der Waals surface area contributed by atoms with Crippen molar-refractivity contribution in [2.24, 2.45) is 0 Å². The van der Waals surface area contributed by atoms with Crippen LogP contribution in [0.3, 0.4) is 0 Å². The van der Waals surface area contributed by atoms with Crippen LogP contribution in [0.25, 0.3) is 11.1 Å². The molecule has 0 aliphatic heterocycles. The Morgan fingerprint density at radius 3 is 2.31 bits per heavy atom. The molecular weight excluding hydrogens is 156 g/mol. The lowest BCUT2D eigenvalue weighted by Gasteiger charge is -2.03. The van der Waals surface area contributed by atoms with Gasteiger partial charge in [-0.3, -0.25) is 0 Å². The normalized spacial score (nSPS) is 9.92. The highest BCUT2D eigenvalue weighted by Crippen LogP contribution is 2.21. The number of hydrogen-bond acceptors (Lipinski definition) is 0. The van der Waals surface area contributed by atoms with Crippen LogP contribution >= 0.6 is 0 Å². The molecule has 13 heavy (non-hydrogen) atoms. The van der Waals surface area contributed by atoms with E-state index in [1.165, 1.54) is 11.1 Å². The summed E-state index contributed by atoms with van der Waals surface area (Å²) in [6, 6.07) is 19.1. The molecular formula is C13H10. The monoisotopic (exact) mass is 166 g/mol. The topological polar surface area (TPSA) is 0 Å². The minimum Gasteiger partial charge on any atom is -0.0620 e. The molecule has 0 bridgehead atoms. The van der Waals surface area contributed by atoms with Gasteiger partial charge >= 0.3 is 0 Å². The minimum atomic E-state index is 1.06. The molecule has 0 saturated heterocycles. The van der Waals surface area contributed by atoms with Crippen molar-refractivity contribution >= 4 is 0 Å². The second-order valence-corrected chi connectivity index (χ2v) is 2.95. The quantitative estimate of drug-likeness (QED) is 0.609. The maximum Gasteiger partial charge on any atom is -0.0152 e. The Bertz CT molecular complexity index is 388. The second kappa shape index (κ2) is 3.44. The zero-order chi connectivity index (χ0) is 9.10. The smallest absolute Gasteiger partial charge is 0.0152 e. The summed E-state index contributed by atoms with van der Waals surface area (Å²) in [4.78, 5) is 0. The fraction of sp³-hybridized carbons (Fsp3) is 0. The van der Waals surface area contributed by atoms with E-state index in [0.717, 1.165) is 5.56 Å². The average molecular weight is 166 g/mol. The van der Waals surface area contributed by atoms with E-state index in [1.807, 2.05) is 42.5 Å². The maximum absolute atomic E-state index is 3.99. The van der Waals surface area contributed by atoms with E-state index >= 15 is 0 Å². The van der Waals surface area contributed by atoms with Crippen LogP contribution in [0, 0.1) is 13.0 Å². The van der Waals surface area contributed by atoms with Gasteiger partial charge in [-0.2, -0.15) is 0 Å². The van der Waals surface area contributed by atoms with Crippen LogP contribution < -0.4 is 0 Å². The van der Waals surface area contributed by atoms with Gasteiger partial charge in [0.15, 0.2) is 0 Å². The Hall–Kier alpha value is -1.56. The van der Waals surface area contributed by atoms with Gasteiger partial charge in [0.2, 0.25) is 0 Å². The largest absolute Gasteiger partial charge is 0.0620 e. The first-order chi connectivity index (χ1) is 6.38. The fourth-order valence-electron chi connectivity index (χ4n) is 1.37. The van der Waals surface area contributed by atoms with Crippen LogP contribution in [-0.4, -0.2) is 0 Å². The Morgan fingerprint density at radius 2 is 1.62 bits per heavy atom. The van der Waals surface area contributed by atoms with Crippen LogP contribution in [0.15, 0.2) is 48.5 Å². The van der Waals surface area contributed by atoms with Gasteiger partial charge in [-0.1, -0.05) is 48.5 Å². The van der Waals surface area contributed by atoms with Crippen molar-refractivity contribution in [2.75, 3.05) is 0 Å². The first kappa shape index (κ1) is 8.06. The molecule has 62 valence electrons. The molecule has 2 rings (SSSR count). The highest BCUT2D eigenvalue weighted by Gasteiger charge is 1.97. The predicted molar refractivity (Wildman–Crippen MR) is 55.2 cm³/mol. The van der Waals surface area contributed by atoms with Gasteiger partial charge < -0.3 is 0 Å². The molecule has 0 N–H and O–H groups in total. The van der Waals surface area contributed by atoms with Gasteiger partial charge in [0, 0.05) is 0 Å². The van der Waals surface area contributed by atoms with E-state index in [-0.39, 0.29) is 0 Å². The summed E-state index contributed by atoms with van der Waals surface area (Å²) in [5, 5.41) is 0. The zero-order valence-electron chi connectivity index (χ0n) is 7.33. The van der Waals surface area contributed by atoms with Crippen LogP contribution in [0.2, 0.25) is 0 Å². The van der Waals surface area contributed by atoms with E-state index in [0.29, 0.717) is 0 Å². The molecule has 0 nitrogen and oxygen atoms in total. The lowest BCUT2D eigenvalue weighted by molar-refractivity contribution is 1.56. The third-order valence-electron chi connectivity index (χ3n) is 2.05. The SMILES string of the molecule is [CH2]c1ccccc1-c1cc[c]cc1. The molecule has 0 aliphatic carbocycles. The molecule has 0 saturated carbocycles. The molecule has 0 fully saturated rings. The highest BCUT2D eigenvalue weighted by atomic mass is 14.0. The third kappa shape index (κ3) is 1.62. The number of hydrogen-bond donors (Lipinski definition) is 0. The van der Waals surface area contributed by atoms with Gasteiger partial charge in [-0.15, -0.1) is 0 Å². The molecule has 2 aromatic carbocycles. The van der Waals surface area contributed by atoms with Crippen LogP contribution in [0.5, 0.6) is 0 Å². The summed E-state index contributed by atoms with van der Waals surface area (Å²) in [7, 11) is 0. The van der Waals surface area contributed by atoms with E-state index in [2.05, 4.69) is 19.1 Å². The summed E-state index contributed by atoms with van der Waals surface area (Å²) in [6.07, 6.45) is 0. The number of rotatable bonds is 1. The molecule has 0 atom stereocenters. The lowest BCUT2D eigenvalue weighted by Crippen LogP contribution is -1.80. The molecule has 0 heterocycles. The Labute approximate surface area is 78.9 Å². The molecule has 2 aromatic rings. The molecule has 0 amide bonds. The molecule has 0 aliphatic rings. The Kier molecular flexibility index (Phi) is 2.13. The number of benzene rings is 2. The van der Waals surface area contributed by atoms with E-state index < -0.39 is 0 Å². The van der Waals surface area contributed by atoms with E-state index in [1.54, 1.807) is 0 Å². The Morgan fingerprint density at radius 1 is 0.923 bits per heavy atom. The van der Waals surface area contributed by atoms with Gasteiger partial charge in [-0.25, -0.2) is 0 Å². The highest BCUT2D eigenvalue weighted by molar-refractivity contribution is 5.67. The molecule has 0 aromatic heterocycles. The van der Waals surface area contributed by atoms with Crippen LogP contribution in [0.4, 0.5) is 0 Å². The van der Waals surface area contributed by atoms with Crippen molar-refractivity contribution in [3.8, 4) is 11.1 Å². The minimum absolute atomic E-state index is 1.06. The van der Waals surface area contributed by atoms with Crippen molar-refractivity contribution in [1.82, 2.24) is 0 Å². The summed E-state index contributed by atoms with van der Waals surface area (Å²) in [6.45, 7) is 3.99. The van der Waals surface area contributed by atoms with Gasteiger partial charge in [0.05, 0.1) is 0 Å².